The average Bonchev–Trinajstić information content (AvgIpc) is 2.90. The van der Waals surface area contributed by atoms with Crippen molar-refractivity contribution in [2.45, 2.75) is 31.5 Å². The molecule has 0 spiro atoms. The highest BCUT2D eigenvalue weighted by atomic mass is 19.4. The van der Waals surface area contributed by atoms with E-state index in [1.54, 1.807) is 0 Å². The van der Waals surface area contributed by atoms with E-state index in [9.17, 15) is 27.9 Å². The first kappa shape index (κ1) is 17.3. The van der Waals surface area contributed by atoms with Gasteiger partial charge in [0.05, 0.1) is 6.10 Å². The van der Waals surface area contributed by atoms with Gasteiger partial charge in [-0.25, -0.2) is 0 Å². The summed E-state index contributed by atoms with van der Waals surface area (Å²) >= 11 is 0. The Morgan fingerprint density at radius 2 is 2.09 bits per heavy atom. The number of nitrogens with one attached hydrogen (secondary N) is 1. The highest BCUT2D eigenvalue weighted by molar-refractivity contribution is 6.39. The third kappa shape index (κ3) is 5.24. The molecule has 0 saturated carbocycles. The van der Waals surface area contributed by atoms with Crippen molar-refractivity contribution in [3.63, 3.8) is 0 Å². The second-order valence-electron chi connectivity index (χ2n) is 5.46. The minimum atomic E-state index is -4.24. The molecule has 1 fully saturated rings. The summed E-state index contributed by atoms with van der Waals surface area (Å²) in [4.78, 5) is 25.0. The molecule has 1 atom stereocenters. The fourth-order valence-electron chi connectivity index (χ4n) is 2.35. The molecule has 2 rings (SSSR count). The quantitative estimate of drug-likeness (QED) is 0.829. The van der Waals surface area contributed by atoms with Gasteiger partial charge in [0.2, 0.25) is 0 Å². The second kappa shape index (κ2) is 6.99. The lowest BCUT2D eigenvalue weighted by molar-refractivity contribution is -0.142. The summed E-state index contributed by atoms with van der Waals surface area (Å²) in [7, 11) is 0. The Bertz CT molecular complexity index is 590. The van der Waals surface area contributed by atoms with Crippen molar-refractivity contribution >= 4 is 17.5 Å². The van der Waals surface area contributed by atoms with E-state index in [1.807, 2.05) is 0 Å². The minimum Gasteiger partial charge on any atom is -0.391 e. The predicted molar refractivity (Wildman–Crippen MR) is 76.7 cm³/mol. The summed E-state index contributed by atoms with van der Waals surface area (Å²) in [6.07, 6.45) is -5.59. The van der Waals surface area contributed by atoms with Crippen molar-refractivity contribution < 1.29 is 27.9 Å². The summed E-state index contributed by atoms with van der Waals surface area (Å²) in [6, 6.07) is 5.96. The number of anilines is 1. The maximum Gasteiger partial charge on any atom is 0.389 e. The van der Waals surface area contributed by atoms with E-state index in [4.69, 9.17) is 0 Å². The number of halogens is 3. The molecule has 1 aliphatic heterocycles. The van der Waals surface area contributed by atoms with E-state index >= 15 is 0 Å². The number of carbonyl (C=O) groups is 2. The SMILES string of the molecule is O=C(Nc1cccc(CCC(F)(F)F)c1)C(=O)N1CC[C@H](O)C1. The molecule has 1 heterocycles. The number of aliphatic hydroxyl groups is 1. The van der Waals surface area contributed by atoms with Gasteiger partial charge in [0.25, 0.3) is 0 Å². The molecule has 0 unspecified atom stereocenters. The predicted octanol–water partition coefficient (Wildman–Crippen LogP) is 1.71. The van der Waals surface area contributed by atoms with Crippen LogP contribution >= 0.6 is 0 Å². The van der Waals surface area contributed by atoms with E-state index < -0.39 is 30.5 Å². The van der Waals surface area contributed by atoms with Gasteiger partial charge in [-0.3, -0.25) is 9.59 Å². The summed E-state index contributed by atoms with van der Waals surface area (Å²) in [5, 5.41) is 11.7. The first-order chi connectivity index (χ1) is 10.7. The molecule has 0 aliphatic carbocycles. The zero-order valence-corrected chi connectivity index (χ0v) is 12.3. The fourth-order valence-corrected chi connectivity index (χ4v) is 2.35. The van der Waals surface area contributed by atoms with Gasteiger partial charge in [-0.2, -0.15) is 13.2 Å². The molecule has 0 bridgehead atoms. The van der Waals surface area contributed by atoms with Gasteiger partial charge in [-0.15, -0.1) is 0 Å². The molecule has 5 nitrogen and oxygen atoms in total. The largest absolute Gasteiger partial charge is 0.391 e. The number of rotatable bonds is 3. The van der Waals surface area contributed by atoms with Crippen LogP contribution in [-0.4, -0.2) is 47.2 Å². The lowest BCUT2D eigenvalue weighted by atomic mass is 10.1. The number of likely N-dealkylation sites (tertiary alicyclic amines) is 1. The number of amides is 2. The van der Waals surface area contributed by atoms with Gasteiger partial charge in [0.1, 0.15) is 0 Å². The van der Waals surface area contributed by atoms with Crippen LogP contribution in [0.25, 0.3) is 0 Å². The van der Waals surface area contributed by atoms with Gasteiger partial charge in [0, 0.05) is 25.2 Å². The summed E-state index contributed by atoms with van der Waals surface area (Å²) in [5.41, 5.74) is 0.687. The molecule has 1 aliphatic rings. The number of hydrogen-bond acceptors (Lipinski definition) is 3. The molecule has 2 amide bonds. The van der Waals surface area contributed by atoms with E-state index in [-0.39, 0.29) is 18.7 Å². The van der Waals surface area contributed by atoms with Crippen molar-refractivity contribution in [3.05, 3.63) is 29.8 Å². The third-order valence-electron chi connectivity index (χ3n) is 3.53. The molecule has 1 aromatic carbocycles. The monoisotopic (exact) mass is 330 g/mol. The lowest BCUT2D eigenvalue weighted by Gasteiger charge is -2.15. The molecule has 1 aromatic rings. The Hall–Kier alpha value is -2.09. The number of benzene rings is 1. The van der Waals surface area contributed by atoms with E-state index in [1.165, 1.54) is 29.2 Å². The normalized spacial score (nSPS) is 18.1. The number of alkyl halides is 3. The molecule has 8 heteroatoms. The molecule has 2 N–H and O–H groups in total. The van der Waals surface area contributed by atoms with E-state index in [2.05, 4.69) is 5.32 Å². The number of β-amino-alcohol motifs (C(OH)–C–C–N with tert-alkyl or cyclic N) is 1. The van der Waals surface area contributed by atoms with Gasteiger partial charge >= 0.3 is 18.0 Å². The van der Waals surface area contributed by atoms with Crippen molar-refractivity contribution in [3.8, 4) is 0 Å². The summed E-state index contributed by atoms with van der Waals surface area (Å²) in [6.45, 7) is 0.414. The zero-order chi connectivity index (χ0) is 17.0. The molecular weight excluding hydrogens is 313 g/mol. The number of aliphatic hydroxyl groups excluding tert-OH is 1. The Labute approximate surface area is 131 Å². The summed E-state index contributed by atoms with van der Waals surface area (Å²) in [5.74, 6) is -1.63. The zero-order valence-electron chi connectivity index (χ0n) is 12.3. The minimum absolute atomic E-state index is 0.109. The van der Waals surface area contributed by atoms with Crippen LogP contribution in [-0.2, 0) is 16.0 Å². The van der Waals surface area contributed by atoms with Crippen LogP contribution in [0, 0.1) is 0 Å². The average molecular weight is 330 g/mol. The molecule has 126 valence electrons. The van der Waals surface area contributed by atoms with Crippen LogP contribution in [0.3, 0.4) is 0 Å². The van der Waals surface area contributed by atoms with Gasteiger partial charge in [0.15, 0.2) is 0 Å². The standard InChI is InChI=1S/C15H17F3N2O3/c16-15(17,18)6-4-10-2-1-3-11(8-10)19-13(22)14(23)20-7-5-12(21)9-20/h1-3,8,12,21H,4-7,9H2,(H,19,22)/t12-/m0/s1. The molecule has 23 heavy (non-hydrogen) atoms. The Morgan fingerprint density at radius 1 is 1.35 bits per heavy atom. The first-order valence-electron chi connectivity index (χ1n) is 7.18. The molecule has 0 radical (unpaired) electrons. The molecule has 0 aromatic heterocycles. The summed E-state index contributed by atoms with van der Waals surface area (Å²) < 4.78 is 36.7. The van der Waals surface area contributed by atoms with Crippen LogP contribution in [0.1, 0.15) is 18.4 Å². The van der Waals surface area contributed by atoms with Gasteiger partial charge in [-0.1, -0.05) is 12.1 Å². The highest BCUT2D eigenvalue weighted by Gasteiger charge is 2.29. The number of nitrogens with zero attached hydrogens (tertiary/aromatic N) is 1. The Kier molecular flexibility index (Phi) is 5.25. The second-order valence-corrected chi connectivity index (χ2v) is 5.46. The number of hydrogen-bond donors (Lipinski definition) is 2. The smallest absolute Gasteiger partial charge is 0.389 e. The van der Waals surface area contributed by atoms with Crippen molar-refractivity contribution in [2.75, 3.05) is 18.4 Å². The van der Waals surface area contributed by atoms with E-state index in [0.717, 1.165) is 0 Å². The molecule has 1 saturated heterocycles. The lowest BCUT2D eigenvalue weighted by Crippen LogP contribution is -2.38. The number of aryl methyl sites for hydroxylation is 1. The maximum absolute atomic E-state index is 12.2. The van der Waals surface area contributed by atoms with Crippen LogP contribution in [0.5, 0.6) is 0 Å². The van der Waals surface area contributed by atoms with Crippen molar-refractivity contribution in [1.29, 1.82) is 0 Å². The first-order valence-corrected chi connectivity index (χ1v) is 7.18. The van der Waals surface area contributed by atoms with Gasteiger partial charge in [-0.05, 0) is 30.5 Å². The van der Waals surface area contributed by atoms with E-state index in [0.29, 0.717) is 18.5 Å². The highest BCUT2D eigenvalue weighted by Crippen LogP contribution is 2.23. The van der Waals surface area contributed by atoms with Crippen LogP contribution < -0.4 is 5.32 Å². The topological polar surface area (TPSA) is 69.6 Å². The third-order valence-corrected chi connectivity index (χ3v) is 3.53. The molecular formula is C15H17F3N2O3. The fraction of sp³-hybridized carbons (Fsp3) is 0.467. The maximum atomic E-state index is 12.2. The van der Waals surface area contributed by atoms with Crippen molar-refractivity contribution in [2.24, 2.45) is 0 Å². The van der Waals surface area contributed by atoms with Crippen molar-refractivity contribution in [1.82, 2.24) is 4.90 Å². The van der Waals surface area contributed by atoms with Crippen LogP contribution in [0.2, 0.25) is 0 Å². The van der Waals surface area contributed by atoms with Crippen LogP contribution in [0.4, 0.5) is 18.9 Å². The number of carbonyl (C=O) groups excluding carboxylic acids is 2. The van der Waals surface area contributed by atoms with Gasteiger partial charge < -0.3 is 15.3 Å². The van der Waals surface area contributed by atoms with Crippen LogP contribution in [0.15, 0.2) is 24.3 Å². The Balaban J connectivity index is 1.94. The Morgan fingerprint density at radius 3 is 2.70 bits per heavy atom.